The zero-order chi connectivity index (χ0) is 14.7. The van der Waals surface area contributed by atoms with Crippen molar-refractivity contribution in [3.05, 3.63) is 55.7 Å². The average Bonchev–Trinajstić information content (AvgIpc) is 2.89. The van der Waals surface area contributed by atoms with E-state index in [1.807, 2.05) is 30.3 Å². The summed E-state index contributed by atoms with van der Waals surface area (Å²) in [5.41, 5.74) is 0.515. The molecule has 2 rings (SSSR count). The number of hydrogen-bond donors (Lipinski definition) is 0. The van der Waals surface area contributed by atoms with E-state index in [1.54, 1.807) is 29.5 Å². The standard InChI is InChI=1S/C14H15ClN2O2S/c1-10(9-11-5-4-8-20-11)16(2)13-7-3-6-12(15)14(13)17(18)19/h3-8,10H,9H2,1-2H3. The molecule has 6 heteroatoms. The maximum Gasteiger partial charge on any atom is 0.310 e. The fourth-order valence-electron chi connectivity index (χ4n) is 2.06. The molecule has 1 aromatic carbocycles. The molecule has 0 bridgehead atoms. The highest BCUT2D eigenvalue weighted by atomic mass is 35.5. The Morgan fingerprint density at radius 3 is 2.75 bits per heavy atom. The summed E-state index contributed by atoms with van der Waals surface area (Å²) in [6.45, 7) is 2.05. The molecule has 0 fully saturated rings. The summed E-state index contributed by atoms with van der Waals surface area (Å²) < 4.78 is 0. The number of rotatable bonds is 5. The van der Waals surface area contributed by atoms with Crippen LogP contribution < -0.4 is 4.90 Å². The number of nitro groups is 1. The Balaban J connectivity index is 2.26. The molecule has 0 aliphatic carbocycles. The van der Waals surface area contributed by atoms with Gasteiger partial charge in [-0.15, -0.1) is 11.3 Å². The minimum absolute atomic E-state index is 0.0327. The van der Waals surface area contributed by atoms with Crippen molar-refractivity contribution in [3.8, 4) is 0 Å². The molecule has 2 aromatic rings. The molecule has 106 valence electrons. The Morgan fingerprint density at radius 1 is 1.40 bits per heavy atom. The van der Waals surface area contributed by atoms with Crippen molar-refractivity contribution in [3.63, 3.8) is 0 Å². The third kappa shape index (κ3) is 3.11. The van der Waals surface area contributed by atoms with Gasteiger partial charge < -0.3 is 4.90 Å². The summed E-state index contributed by atoms with van der Waals surface area (Å²) >= 11 is 7.64. The molecular formula is C14H15ClN2O2S. The second kappa shape index (κ2) is 6.24. The maximum absolute atomic E-state index is 11.2. The minimum atomic E-state index is -0.425. The molecule has 1 unspecified atom stereocenters. The van der Waals surface area contributed by atoms with Crippen LogP contribution >= 0.6 is 22.9 Å². The SMILES string of the molecule is CC(Cc1cccs1)N(C)c1cccc(Cl)c1[N+](=O)[O-]. The highest BCUT2D eigenvalue weighted by Crippen LogP contribution is 2.35. The van der Waals surface area contributed by atoms with Gasteiger partial charge in [0.15, 0.2) is 0 Å². The van der Waals surface area contributed by atoms with Gasteiger partial charge in [0.1, 0.15) is 10.7 Å². The maximum atomic E-state index is 11.2. The Kier molecular flexibility index (Phi) is 4.62. The van der Waals surface area contributed by atoms with Gasteiger partial charge in [-0.05, 0) is 30.5 Å². The number of para-hydroxylation sites is 1. The van der Waals surface area contributed by atoms with Crippen molar-refractivity contribution in [1.82, 2.24) is 0 Å². The minimum Gasteiger partial charge on any atom is -0.366 e. The molecule has 0 aliphatic rings. The first-order chi connectivity index (χ1) is 9.50. The van der Waals surface area contributed by atoms with Crippen LogP contribution in [0.4, 0.5) is 11.4 Å². The van der Waals surface area contributed by atoms with Crippen molar-refractivity contribution in [2.75, 3.05) is 11.9 Å². The van der Waals surface area contributed by atoms with Crippen LogP contribution in [-0.4, -0.2) is 18.0 Å². The van der Waals surface area contributed by atoms with Crippen LogP contribution in [0.15, 0.2) is 35.7 Å². The number of benzene rings is 1. The predicted molar refractivity (Wildman–Crippen MR) is 84.0 cm³/mol. The van der Waals surface area contributed by atoms with Gasteiger partial charge in [-0.2, -0.15) is 0 Å². The number of halogens is 1. The average molecular weight is 311 g/mol. The number of thiophene rings is 1. The zero-order valence-electron chi connectivity index (χ0n) is 11.2. The van der Waals surface area contributed by atoms with Crippen LogP contribution in [0.1, 0.15) is 11.8 Å². The molecule has 4 nitrogen and oxygen atoms in total. The highest BCUT2D eigenvalue weighted by Gasteiger charge is 2.23. The third-order valence-corrected chi connectivity index (χ3v) is 4.47. The predicted octanol–water partition coefficient (Wildman–Crippen LogP) is 4.38. The first-order valence-electron chi connectivity index (χ1n) is 6.19. The summed E-state index contributed by atoms with van der Waals surface area (Å²) in [6, 6.07) is 9.23. The van der Waals surface area contributed by atoms with Crippen LogP contribution in [0.5, 0.6) is 0 Å². The lowest BCUT2D eigenvalue weighted by molar-refractivity contribution is -0.384. The largest absolute Gasteiger partial charge is 0.366 e. The summed E-state index contributed by atoms with van der Waals surface area (Å²) in [4.78, 5) is 13.9. The van der Waals surface area contributed by atoms with Gasteiger partial charge in [0.25, 0.3) is 0 Å². The zero-order valence-corrected chi connectivity index (χ0v) is 12.8. The summed E-state index contributed by atoms with van der Waals surface area (Å²) in [6.07, 6.45) is 0.845. The molecule has 1 heterocycles. The molecule has 1 aromatic heterocycles. The fourth-order valence-corrected chi connectivity index (χ4v) is 3.13. The lowest BCUT2D eigenvalue weighted by Crippen LogP contribution is -2.31. The van der Waals surface area contributed by atoms with Crippen LogP contribution in [-0.2, 0) is 6.42 Å². The Labute approximate surface area is 126 Å². The Bertz CT molecular complexity index is 601. The van der Waals surface area contributed by atoms with E-state index in [9.17, 15) is 10.1 Å². The molecule has 0 amide bonds. The van der Waals surface area contributed by atoms with Gasteiger partial charge >= 0.3 is 5.69 Å². The normalized spacial score (nSPS) is 12.2. The van der Waals surface area contributed by atoms with Crippen molar-refractivity contribution >= 4 is 34.3 Å². The van der Waals surface area contributed by atoms with Crippen molar-refractivity contribution < 1.29 is 4.92 Å². The van der Waals surface area contributed by atoms with Crippen LogP contribution in [0, 0.1) is 10.1 Å². The number of anilines is 1. The lowest BCUT2D eigenvalue weighted by Gasteiger charge is -2.26. The van der Waals surface area contributed by atoms with Crippen LogP contribution in [0.2, 0.25) is 5.02 Å². The van der Waals surface area contributed by atoms with E-state index in [2.05, 4.69) is 6.07 Å². The smallest absolute Gasteiger partial charge is 0.310 e. The molecule has 0 N–H and O–H groups in total. The van der Waals surface area contributed by atoms with Crippen molar-refractivity contribution in [2.24, 2.45) is 0 Å². The van der Waals surface area contributed by atoms with E-state index >= 15 is 0 Å². The van der Waals surface area contributed by atoms with Gasteiger partial charge in [-0.25, -0.2) is 0 Å². The van der Waals surface area contributed by atoms with Gasteiger partial charge in [0, 0.05) is 24.4 Å². The Morgan fingerprint density at radius 2 is 2.15 bits per heavy atom. The molecule has 0 saturated carbocycles. The quantitative estimate of drug-likeness (QED) is 0.608. The number of nitrogens with zero attached hydrogens (tertiary/aromatic N) is 2. The lowest BCUT2D eigenvalue weighted by atomic mass is 10.1. The molecule has 0 spiro atoms. The molecule has 1 atom stereocenters. The highest BCUT2D eigenvalue weighted by molar-refractivity contribution is 7.09. The molecule has 20 heavy (non-hydrogen) atoms. The molecular weight excluding hydrogens is 296 g/mol. The topological polar surface area (TPSA) is 46.4 Å². The van der Waals surface area contributed by atoms with E-state index < -0.39 is 4.92 Å². The number of hydrogen-bond acceptors (Lipinski definition) is 4. The van der Waals surface area contributed by atoms with Gasteiger partial charge in [0.05, 0.1) is 4.92 Å². The van der Waals surface area contributed by atoms with Crippen LogP contribution in [0.25, 0.3) is 0 Å². The monoisotopic (exact) mass is 310 g/mol. The molecule has 0 aliphatic heterocycles. The van der Waals surface area contributed by atoms with Crippen LogP contribution in [0.3, 0.4) is 0 Å². The van der Waals surface area contributed by atoms with E-state index in [1.165, 1.54) is 4.88 Å². The van der Waals surface area contributed by atoms with E-state index in [4.69, 9.17) is 11.6 Å². The summed E-state index contributed by atoms with van der Waals surface area (Å²) in [5, 5.41) is 13.4. The Hall–Kier alpha value is -1.59. The first kappa shape index (κ1) is 14.8. The molecule has 0 radical (unpaired) electrons. The van der Waals surface area contributed by atoms with E-state index in [0.29, 0.717) is 5.69 Å². The number of likely N-dealkylation sites (N-methyl/N-ethyl adjacent to an activating group) is 1. The van der Waals surface area contributed by atoms with Crippen molar-refractivity contribution in [1.29, 1.82) is 0 Å². The summed E-state index contributed by atoms with van der Waals surface area (Å²) in [5.74, 6) is 0. The number of nitro benzene ring substituents is 1. The summed E-state index contributed by atoms with van der Waals surface area (Å²) in [7, 11) is 1.86. The third-order valence-electron chi connectivity index (χ3n) is 3.27. The van der Waals surface area contributed by atoms with Gasteiger partial charge in [0.2, 0.25) is 0 Å². The first-order valence-corrected chi connectivity index (χ1v) is 7.44. The molecule has 0 saturated heterocycles. The van der Waals surface area contributed by atoms with Crippen molar-refractivity contribution in [2.45, 2.75) is 19.4 Å². The van der Waals surface area contributed by atoms with Gasteiger partial charge in [-0.3, -0.25) is 10.1 Å². The second-order valence-corrected chi connectivity index (χ2v) is 6.05. The second-order valence-electron chi connectivity index (χ2n) is 4.61. The fraction of sp³-hybridized carbons (Fsp3) is 0.286. The van der Waals surface area contributed by atoms with E-state index in [0.717, 1.165) is 6.42 Å². The van der Waals surface area contributed by atoms with Gasteiger partial charge in [-0.1, -0.05) is 23.7 Å². The van der Waals surface area contributed by atoms with E-state index in [-0.39, 0.29) is 16.8 Å².